The molecule has 3 heteroatoms. The lowest BCUT2D eigenvalue weighted by atomic mass is 10.0. The van der Waals surface area contributed by atoms with Crippen molar-refractivity contribution >= 4 is 15.9 Å². The average Bonchev–Trinajstić information content (AvgIpc) is 2.02. The summed E-state index contributed by atoms with van der Waals surface area (Å²) in [5, 5.41) is 0. The minimum atomic E-state index is -0.239. The van der Waals surface area contributed by atoms with Crippen LogP contribution < -0.4 is 4.74 Å². The molecule has 1 nitrogen and oxygen atoms in total. The van der Waals surface area contributed by atoms with E-state index in [1.54, 1.807) is 7.11 Å². The van der Waals surface area contributed by atoms with E-state index in [1.807, 2.05) is 13.8 Å². The van der Waals surface area contributed by atoms with E-state index in [9.17, 15) is 4.39 Å². The van der Waals surface area contributed by atoms with Gasteiger partial charge in [-0.1, -0.05) is 13.8 Å². The molecule has 0 amide bonds. The summed E-state index contributed by atoms with van der Waals surface area (Å²) < 4.78 is 18.9. The molecule has 0 aliphatic heterocycles. The first-order valence-electron chi connectivity index (χ1n) is 4.09. The van der Waals surface area contributed by atoms with Gasteiger partial charge in [0.05, 0.1) is 11.6 Å². The Morgan fingerprint density at radius 3 is 2.46 bits per heavy atom. The van der Waals surface area contributed by atoms with Gasteiger partial charge in [-0.3, -0.25) is 0 Å². The summed E-state index contributed by atoms with van der Waals surface area (Å²) in [6.07, 6.45) is 0. The van der Waals surface area contributed by atoms with Crippen LogP contribution >= 0.6 is 15.9 Å². The summed E-state index contributed by atoms with van der Waals surface area (Å²) >= 11 is 3.26. The number of rotatable bonds is 2. The number of methoxy groups -OCH3 is 1. The third-order valence-electron chi connectivity index (χ3n) is 1.86. The van der Waals surface area contributed by atoms with Gasteiger partial charge in [-0.05, 0) is 34.0 Å². The quantitative estimate of drug-likeness (QED) is 0.773. The molecule has 1 rings (SSSR count). The second-order valence-electron chi connectivity index (χ2n) is 3.16. The largest absolute Gasteiger partial charge is 0.495 e. The van der Waals surface area contributed by atoms with E-state index < -0.39 is 0 Å². The Kier molecular flexibility index (Phi) is 3.31. The highest BCUT2D eigenvalue weighted by molar-refractivity contribution is 9.10. The van der Waals surface area contributed by atoms with Crippen molar-refractivity contribution < 1.29 is 9.13 Å². The SMILES string of the molecule is COc1c(Br)cc(F)cc1C(C)C. The van der Waals surface area contributed by atoms with Crippen LogP contribution in [0.15, 0.2) is 16.6 Å². The van der Waals surface area contributed by atoms with Crippen LogP contribution in [0.25, 0.3) is 0 Å². The maximum atomic E-state index is 13.0. The van der Waals surface area contributed by atoms with Crippen molar-refractivity contribution in [2.45, 2.75) is 19.8 Å². The van der Waals surface area contributed by atoms with E-state index in [1.165, 1.54) is 12.1 Å². The maximum Gasteiger partial charge on any atom is 0.136 e. The number of ether oxygens (including phenoxy) is 1. The molecule has 0 aliphatic carbocycles. The van der Waals surface area contributed by atoms with Gasteiger partial charge in [0.25, 0.3) is 0 Å². The molecular formula is C10H12BrFO. The summed E-state index contributed by atoms with van der Waals surface area (Å²) in [5.41, 5.74) is 0.884. The van der Waals surface area contributed by atoms with E-state index in [0.29, 0.717) is 4.47 Å². The Hall–Kier alpha value is -0.570. The van der Waals surface area contributed by atoms with Crippen molar-refractivity contribution in [3.63, 3.8) is 0 Å². The molecule has 0 spiro atoms. The summed E-state index contributed by atoms with van der Waals surface area (Å²) in [6, 6.07) is 2.92. The Balaban J connectivity index is 3.29. The molecule has 0 saturated heterocycles. The summed E-state index contributed by atoms with van der Waals surface area (Å²) in [5.74, 6) is 0.731. The number of hydrogen-bond donors (Lipinski definition) is 0. The van der Waals surface area contributed by atoms with Crippen molar-refractivity contribution in [2.24, 2.45) is 0 Å². The fourth-order valence-corrected chi connectivity index (χ4v) is 1.83. The van der Waals surface area contributed by atoms with E-state index in [0.717, 1.165) is 11.3 Å². The minimum Gasteiger partial charge on any atom is -0.495 e. The standard InChI is InChI=1S/C10H12BrFO/c1-6(2)8-4-7(12)5-9(11)10(8)13-3/h4-6H,1-3H3. The van der Waals surface area contributed by atoms with Gasteiger partial charge in [0.1, 0.15) is 11.6 Å². The van der Waals surface area contributed by atoms with Crippen LogP contribution in [0, 0.1) is 5.82 Å². The topological polar surface area (TPSA) is 9.23 Å². The van der Waals surface area contributed by atoms with Crippen LogP contribution in [0.1, 0.15) is 25.3 Å². The lowest BCUT2D eigenvalue weighted by molar-refractivity contribution is 0.403. The van der Waals surface area contributed by atoms with E-state index >= 15 is 0 Å². The first-order valence-corrected chi connectivity index (χ1v) is 4.88. The molecule has 0 atom stereocenters. The highest BCUT2D eigenvalue weighted by atomic mass is 79.9. The fraction of sp³-hybridized carbons (Fsp3) is 0.400. The second-order valence-corrected chi connectivity index (χ2v) is 4.02. The monoisotopic (exact) mass is 246 g/mol. The summed E-state index contributed by atoms with van der Waals surface area (Å²) in [6.45, 7) is 4.01. The van der Waals surface area contributed by atoms with Crippen molar-refractivity contribution in [3.05, 3.63) is 28.0 Å². The fourth-order valence-electron chi connectivity index (χ4n) is 1.22. The predicted octanol–water partition coefficient (Wildman–Crippen LogP) is 3.72. The highest BCUT2D eigenvalue weighted by Crippen LogP contribution is 2.34. The molecule has 0 aliphatic rings. The van der Waals surface area contributed by atoms with Crippen molar-refractivity contribution in [1.29, 1.82) is 0 Å². The van der Waals surface area contributed by atoms with Crippen LogP contribution in [0.2, 0.25) is 0 Å². The molecule has 0 radical (unpaired) electrons. The van der Waals surface area contributed by atoms with E-state index in [4.69, 9.17) is 4.74 Å². The third kappa shape index (κ3) is 2.21. The van der Waals surface area contributed by atoms with Gasteiger partial charge in [0.15, 0.2) is 0 Å². The van der Waals surface area contributed by atoms with Gasteiger partial charge in [-0.2, -0.15) is 0 Å². The Morgan fingerprint density at radius 1 is 1.38 bits per heavy atom. The van der Waals surface area contributed by atoms with Crippen LogP contribution in [0.4, 0.5) is 4.39 Å². The van der Waals surface area contributed by atoms with Gasteiger partial charge in [-0.25, -0.2) is 4.39 Å². The van der Waals surface area contributed by atoms with E-state index in [-0.39, 0.29) is 11.7 Å². The van der Waals surface area contributed by atoms with Crippen LogP contribution in [-0.4, -0.2) is 7.11 Å². The Morgan fingerprint density at radius 2 is 2.00 bits per heavy atom. The zero-order valence-corrected chi connectivity index (χ0v) is 9.48. The van der Waals surface area contributed by atoms with Crippen LogP contribution in [0.3, 0.4) is 0 Å². The molecule has 0 aromatic heterocycles. The van der Waals surface area contributed by atoms with Crippen molar-refractivity contribution in [3.8, 4) is 5.75 Å². The molecule has 0 unspecified atom stereocenters. The molecule has 72 valence electrons. The molecule has 0 N–H and O–H groups in total. The predicted molar refractivity (Wildman–Crippen MR) is 54.7 cm³/mol. The van der Waals surface area contributed by atoms with Gasteiger partial charge >= 0.3 is 0 Å². The molecule has 1 aromatic carbocycles. The number of hydrogen-bond acceptors (Lipinski definition) is 1. The lowest BCUT2D eigenvalue weighted by Gasteiger charge is -2.13. The second kappa shape index (κ2) is 4.09. The zero-order valence-electron chi connectivity index (χ0n) is 7.90. The first kappa shape index (κ1) is 10.5. The smallest absolute Gasteiger partial charge is 0.136 e. The summed E-state index contributed by atoms with van der Waals surface area (Å²) in [7, 11) is 1.59. The minimum absolute atomic E-state index is 0.239. The molecule has 0 heterocycles. The lowest BCUT2D eigenvalue weighted by Crippen LogP contribution is -1.96. The normalized spacial score (nSPS) is 10.6. The third-order valence-corrected chi connectivity index (χ3v) is 2.45. The van der Waals surface area contributed by atoms with Gasteiger partial charge in [0, 0.05) is 5.56 Å². The number of halogens is 2. The van der Waals surface area contributed by atoms with Crippen LogP contribution in [-0.2, 0) is 0 Å². The van der Waals surface area contributed by atoms with Gasteiger partial charge in [0.2, 0.25) is 0 Å². The molecule has 0 saturated carbocycles. The summed E-state index contributed by atoms with van der Waals surface area (Å²) in [4.78, 5) is 0. The molecule has 1 aromatic rings. The van der Waals surface area contributed by atoms with Crippen molar-refractivity contribution in [1.82, 2.24) is 0 Å². The molecular weight excluding hydrogens is 235 g/mol. The highest BCUT2D eigenvalue weighted by Gasteiger charge is 2.12. The van der Waals surface area contributed by atoms with Crippen molar-refractivity contribution in [2.75, 3.05) is 7.11 Å². The van der Waals surface area contributed by atoms with Gasteiger partial charge < -0.3 is 4.74 Å². The number of benzene rings is 1. The molecule has 0 fully saturated rings. The average molecular weight is 247 g/mol. The first-order chi connectivity index (χ1) is 6.06. The molecule has 0 bridgehead atoms. The van der Waals surface area contributed by atoms with Crippen LogP contribution in [0.5, 0.6) is 5.75 Å². The maximum absolute atomic E-state index is 13.0. The van der Waals surface area contributed by atoms with E-state index in [2.05, 4.69) is 15.9 Å². The van der Waals surface area contributed by atoms with Gasteiger partial charge in [-0.15, -0.1) is 0 Å². The Bertz CT molecular complexity index is 310. The molecule has 13 heavy (non-hydrogen) atoms. The zero-order chi connectivity index (χ0) is 10.0. The Labute approximate surface area is 86.0 Å².